The highest BCUT2D eigenvalue weighted by atomic mass is 79.9. The predicted octanol–water partition coefficient (Wildman–Crippen LogP) is 3.99. The fraction of sp³-hybridized carbons (Fsp3) is 0.0667. The Hall–Kier alpha value is -1.94. The number of hydrogen-bond donors (Lipinski definition) is 0. The van der Waals surface area contributed by atoms with Crippen molar-refractivity contribution < 1.29 is 4.79 Å². The molecule has 0 atom stereocenters. The fourth-order valence-corrected chi connectivity index (χ4v) is 2.50. The zero-order valence-corrected chi connectivity index (χ0v) is 11.9. The summed E-state index contributed by atoms with van der Waals surface area (Å²) in [5, 5.41) is 0. The highest BCUT2D eigenvalue weighted by Crippen LogP contribution is 2.24. The van der Waals surface area contributed by atoms with E-state index in [0.717, 1.165) is 21.2 Å². The van der Waals surface area contributed by atoms with Crippen LogP contribution >= 0.6 is 15.9 Å². The summed E-state index contributed by atoms with van der Waals surface area (Å²) in [5.41, 5.74) is 3.43. The van der Waals surface area contributed by atoms with Gasteiger partial charge in [0.2, 0.25) is 0 Å². The second-order valence-electron chi connectivity index (χ2n) is 4.32. The van der Waals surface area contributed by atoms with Crippen molar-refractivity contribution in [2.45, 2.75) is 6.92 Å². The van der Waals surface area contributed by atoms with Gasteiger partial charge >= 0.3 is 0 Å². The van der Waals surface area contributed by atoms with E-state index in [9.17, 15) is 4.79 Å². The lowest BCUT2D eigenvalue weighted by molar-refractivity contribution is 0.101. The van der Waals surface area contributed by atoms with E-state index in [2.05, 4.69) is 20.9 Å². The van der Waals surface area contributed by atoms with E-state index in [1.165, 1.54) is 0 Å². The van der Waals surface area contributed by atoms with Gasteiger partial charge in [0.25, 0.3) is 0 Å². The number of halogens is 1. The molecule has 0 bridgehead atoms. The Kier molecular flexibility index (Phi) is 2.95. The van der Waals surface area contributed by atoms with Crippen LogP contribution in [0.25, 0.3) is 16.7 Å². The van der Waals surface area contributed by atoms with Gasteiger partial charge in [-0.3, -0.25) is 9.36 Å². The Labute approximate surface area is 119 Å². The summed E-state index contributed by atoms with van der Waals surface area (Å²) < 4.78 is 2.88. The van der Waals surface area contributed by atoms with Gasteiger partial charge in [0.15, 0.2) is 5.78 Å². The molecule has 0 aliphatic heterocycles. The van der Waals surface area contributed by atoms with Crippen LogP contribution in [0.5, 0.6) is 0 Å². The molecule has 0 saturated carbocycles. The van der Waals surface area contributed by atoms with Gasteiger partial charge in [0.1, 0.15) is 6.33 Å². The summed E-state index contributed by atoms with van der Waals surface area (Å²) in [6.07, 6.45) is 1.75. The fourth-order valence-electron chi connectivity index (χ4n) is 2.15. The summed E-state index contributed by atoms with van der Waals surface area (Å²) in [4.78, 5) is 16.1. The highest BCUT2D eigenvalue weighted by molar-refractivity contribution is 9.10. The van der Waals surface area contributed by atoms with Crippen molar-refractivity contribution in [3.05, 3.63) is 58.8 Å². The second kappa shape index (κ2) is 4.63. The SMILES string of the molecule is CC(=O)c1ccc(Br)cc1-n1cnc2ccccc21. The van der Waals surface area contributed by atoms with Crippen LogP contribution in [0, 0.1) is 0 Å². The third kappa shape index (κ3) is 2.08. The molecule has 0 spiro atoms. The van der Waals surface area contributed by atoms with Crippen molar-refractivity contribution in [1.29, 1.82) is 0 Å². The standard InChI is InChI=1S/C15H11BrN2O/c1-10(19)12-7-6-11(16)8-15(12)18-9-17-13-4-2-3-5-14(13)18/h2-9H,1H3. The topological polar surface area (TPSA) is 34.9 Å². The Morgan fingerprint density at radius 1 is 1.21 bits per heavy atom. The van der Waals surface area contributed by atoms with E-state index in [-0.39, 0.29) is 5.78 Å². The molecule has 2 aromatic carbocycles. The van der Waals surface area contributed by atoms with Crippen molar-refractivity contribution in [2.24, 2.45) is 0 Å². The zero-order chi connectivity index (χ0) is 13.4. The van der Waals surface area contributed by atoms with Crippen LogP contribution in [0.1, 0.15) is 17.3 Å². The Morgan fingerprint density at radius 3 is 2.79 bits per heavy atom. The Bertz CT molecular complexity index is 777. The molecule has 0 aliphatic carbocycles. The van der Waals surface area contributed by atoms with E-state index in [0.29, 0.717) is 5.56 Å². The van der Waals surface area contributed by atoms with Gasteiger partial charge < -0.3 is 0 Å². The number of carbonyl (C=O) groups excluding carboxylic acids is 1. The van der Waals surface area contributed by atoms with Crippen LogP contribution in [0.2, 0.25) is 0 Å². The lowest BCUT2D eigenvalue weighted by Crippen LogP contribution is -2.02. The summed E-state index contributed by atoms with van der Waals surface area (Å²) in [7, 11) is 0. The number of rotatable bonds is 2. The lowest BCUT2D eigenvalue weighted by atomic mass is 10.1. The van der Waals surface area contributed by atoms with Gasteiger partial charge in [-0.25, -0.2) is 4.98 Å². The van der Waals surface area contributed by atoms with E-state index in [1.807, 2.05) is 47.0 Å². The lowest BCUT2D eigenvalue weighted by Gasteiger charge is -2.09. The minimum atomic E-state index is 0.0419. The number of benzene rings is 2. The number of aromatic nitrogens is 2. The van der Waals surface area contributed by atoms with E-state index < -0.39 is 0 Å². The number of nitrogens with zero attached hydrogens (tertiary/aromatic N) is 2. The molecule has 0 fully saturated rings. The molecule has 0 radical (unpaired) electrons. The van der Waals surface area contributed by atoms with Crippen LogP contribution in [0.15, 0.2) is 53.3 Å². The molecule has 0 amide bonds. The summed E-state index contributed by atoms with van der Waals surface area (Å²) in [5.74, 6) is 0.0419. The largest absolute Gasteiger partial charge is 0.298 e. The average molecular weight is 315 g/mol. The molecular formula is C15H11BrN2O. The molecule has 3 rings (SSSR count). The first-order valence-corrected chi connectivity index (χ1v) is 6.69. The number of hydrogen-bond acceptors (Lipinski definition) is 2. The first-order valence-electron chi connectivity index (χ1n) is 5.90. The molecule has 1 heterocycles. The smallest absolute Gasteiger partial charge is 0.161 e. The van der Waals surface area contributed by atoms with Crippen molar-refractivity contribution >= 4 is 32.7 Å². The Balaban J connectivity index is 2.32. The quantitative estimate of drug-likeness (QED) is 0.670. The van der Waals surface area contributed by atoms with Gasteiger partial charge in [-0.1, -0.05) is 28.1 Å². The third-order valence-corrected chi connectivity index (χ3v) is 3.55. The van der Waals surface area contributed by atoms with Crippen molar-refractivity contribution in [2.75, 3.05) is 0 Å². The van der Waals surface area contributed by atoms with Crippen LogP contribution in [0.3, 0.4) is 0 Å². The molecular weight excluding hydrogens is 304 g/mol. The summed E-state index contributed by atoms with van der Waals surface area (Å²) >= 11 is 3.45. The Morgan fingerprint density at radius 2 is 2.00 bits per heavy atom. The van der Waals surface area contributed by atoms with Crippen LogP contribution in [-0.2, 0) is 0 Å². The third-order valence-electron chi connectivity index (χ3n) is 3.05. The second-order valence-corrected chi connectivity index (χ2v) is 5.24. The maximum Gasteiger partial charge on any atom is 0.161 e. The zero-order valence-electron chi connectivity index (χ0n) is 10.3. The first-order chi connectivity index (χ1) is 9.16. The summed E-state index contributed by atoms with van der Waals surface area (Å²) in [6, 6.07) is 13.5. The minimum Gasteiger partial charge on any atom is -0.298 e. The number of Topliss-reactive ketones (excluding diaryl/α,β-unsaturated/α-hetero) is 1. The molecule has 0 aliphatic rings. The van der Waals surface area contributed by atoms with Gasteiger partial charge in [-0.05, 0) is 37.3 Å². The normalized spacial score (nSPS) is 10.8. The number of fused-ring (bicyclic) bond motifs is 1. The van der Waals surface area contributed by atoms with Crippen molar-refractivity contribution in [3.63, 3.8) is 0 Å². The van der Waals surface area contributed by atoms with Crippen LogP contribution in [0.4, 0.5) is 0 Å². The van der Waals surface area contributed by atoms with Crippen LogP contribution in [-0.4, -0.2) is 15.3 Å². The average Bonchev–Trinajstić information content (AvgIpc) is 2.82. The van der Waals surface area contributed by atoms with Gasteiger partial charge in [0, 0.05) is 10.0 Å². The van der Waals surface area contributed by atoms with Crippen LogP contribution < -0.4 is 0 Å². The molecule has 1 aromatic heterocycles. The molecule has 19 heavy (non-hydrogen) atoms. The molecule has 3 nitrogen and oxygen atoms in total. The van der Waals surface area contributed by atoms with E-state index in [4.69, 9.17) is 0 Å². The van der Waals surface area contributed by atoms with E-state index >= 15 is 0 Å². The van der Waals surface area contributed by atoms with E-state index in [1.54, 1.807) is 13.3 Å². The number of para-hydroxylation sites is 2. The van der Waals surface area contributed by atoms with Crippen molar-refractivity contribution in [1.82, 2.24) is 9.55 Å². The van der Waals surface area contributed by atoms with Crippen molar-refractivity contribution in [3.8, 4) is 5.69 Å². The molecule has 0 N–H and O–H groups in total. The number of ketones is 1. The molecule has 4 heteroatoms. The number of imidazole rings is 1. The van der Waals surface area contributed by atoms with Gasteiger partial charge in [0.05, 0.1) is 16.7 Å². The maximum atomic E-state index is 11.8. The molecule has 0 saturated heterocycles. The van der Waals surface area contributed by atoms with Gasteiger partial charge in [-0.15, -0.1) is 0 Å². The minimum absolute atomic E-state index is 0.0419. The monoisotopic (exact) mass is 314 g/mol. The molecule has 3 aromatic rings. The predicted molar refractivity (Wildman–Crippen MR) is 78.8 cm³/mol. The highest BCUT2D eigenvalue weighted by Gasteiger charge is 2.12. The van der Waals surface area contributed by atoms with Gasteiger partial charge in [-0.2, -0.15) is 0 Å². The first kappa shape index (κ1) is 12.1. The molecule has 0 unspecified atom stereocenters. The maximum absolute atomic E-state index is 11.8. The summed E-state index contributed by atoms with van der Waals surface area (Å²) in [6.45, 7) is 1.58. The molecule has 94 valence electrons. The number of carbonyl (C=O) groups is 1.